The van der Waals surface area contributed by atoms with Gasteiger partial charge in [-0.1, -0.05) is 29.3 Å². The van der Waals surface area contributed by atoms with Crippen LogP contribution in [-0.4, -0.2) is 20.7 Å². The first-order chi connectivity index (χ1) is 13.8. The molecule has 8 heteroatoms. The van der Waals surface area contributed by atoms with Gasteiger partial charge in [0.1, 0.15) is 0 Å². The largest absolute Gasteiger partial charge is 0.322 e. The molecule has 1 N–H and O–H groups in total. The molecule has 0 aliphatic carbocycles. The first-order valence-electron chi connectivity index (χ1n) is 8.72. The van der Waals surface area contributed by atoms with E-state index >= 15 is 0 Å². The summed E-state index contributed by atoms with van der Waals surface area (Å²) in [5.41, 5.74) is 3.27. The lowest BCUT2D eigenvalue weighted by molar-refractivity contribution is 0.102. The van der Waals surface area contributed by atoms with Gasteiger partial charge in [0.25, 0.3) is 5.91 Å². The summed E-state index contributed by atoms with van der Waals surface area (Å²) < 4.78 is 28.1. The van der Waals surface area contributed by atoms with Gasteiger partial charge in [0.05, 0.1) is 27.4 Å². The average Bonchev–Trinajstić information content (AvgIpc) is 3.03. The Kier molecular flexibility index (Phi) is 4.76. The lowest BCUT2D eigenvalue weighted by Crippen LogP contribution is -2.13. The molecule has 0 saturated carbocycles. The molecule has 2 heterocycles. The highest BCUT2D eigenvalue weighted by Gasteiger charge is 2.20. The number of hydrogen-bond donors (Lipinski definition) is 1. The van der Waals surface area contributed by atoms with E-state index in [1.165, 1.54) is 12.3 Å². The van der Waals surface area contributed by atoms with Gasteiger partial charge in [-0.05, 0) is 38.1 Å². The van der Waals surface area contributed by atoms with Gasteiger partial charge in [-0.2, -0.15) is 5.10 Å². The first-order valence-corrected chi connectivity index (χ1v) is 9.10. The van der Waals surface area contributed by atoms with Crippen LogP contribution in [0.5, 0.6) is 0 Å². The number of fused-ring (bicyclic) bond motifs is 1. The number of hydrogen-bond acceptors (Lipinski definition) is 3. The molecule has 0 saturated heterocycles. The third-order valence-electron chi connectivity index (χ3n) is 4.51. The van der Waals surface area contributed by atoms with Crippen molar-refractivity contribution in [3.63, 3.8) is 0 Å². The van der Waals surface area contributed by atoms with Gasteiger partial charge in [0, 0.05) is 18.0 Å². The molecule has 1 amide bonds. The van der Waals surface area contributed by atoms with E-state index in [9.17, 15) is 13.6 Å². The van der Waals surface area contributed by atoms with Crippen LogP contribution < -0.4 is 5.32 Å². The number of halogens is 3. The summed E-state index contributed by atoms with van der Waals surface area (Å²) >= 11 is 6.50. The van der Waals surface area contributed by atoms with Gasteiger partial charge in [0.2, 0.25) is 0 Å². The van der Waals surface area contributed by atoms with Crippen LogP contribution >= 0.6 is 11.6 Å². The predicted molar refractivity (Wildman–Crippen MR) is 108 cm³/mol. The molecule has 4 rings (SSSR count). The summed E-state index contributed by atoms with van der Waals surface area (Å²) in [6, 6.07) is 10.8. The van der Waals surface area contributed by atoms with Crippen LogP contribution in [0.25, 0.3) is 16.7 Å². The van der Waals surface area contributed by atoms with E-state index in [1.54, 1.807) is 11.6 Å². The van der Waals surface area contributed by atoms with Crippen molar-refractivity contribution in [2.75, 3.05) is 5.32 Å². The number of carbonyl (C=O) groups excluding carboxylic acids is 1. The minimum atomic E-state index is -1.06. The van der Waals surface area contributed by atoms with Crippen molar-refractivity contribution in [1.82, 2.24) is 14.8 Å². The zero-order valence-corrected chi connectivity index (χ0v) is 16.3. The van der Waals surface area contributed by atoms with E-state index in [0.29, 0.717) is 16.7 Å². The quantitative estimate of drug-likeness (QED) is 0.501. The van der Waals surface area contributed by atoms with Crippen LogP contribution in [0.15, 0.2) is 48.7 Å². The number of aromatic nitrogens is 3. The second-order valence-corrected chi connectivity index (χ2v) is 6.98. The van der Waals surface area contributed by atoms with Gasteiger partial charge in [-0.15, -0.1) is 0 Å². The third kappa shape index (κ3) is 3.45. The van der Waals surface area contributed by atoms with Crippen molar-refractivity contribution in [3.05, 3.63) is 82.1 Å². The third-order valence-corrected chi connectivity index (χ3v) is 4.90. The number of nitrogens with one attached hydrogen (secondary N) is 1. The van der Waals surface area contributed by atoms with E-state index in [4.69, 9.17) is 11.6 Å². The second kappa shape index (κ2) is 7.25. The second-order valence-electron chi connectivity index (χ2n) is 6.60. The summed E-state index contributed by atoms with van der Waals surface area (Å²) in [4.78, 5) is 17.0. The van der Waals surface area contributed by atoms with E-state index in [1.807, 2.05) is 31.2 Å². The molecule has 0 spiro atoms. The fourth-order valence-corrected chi connectivity index (χ4v) is 3.36. The molecule has 0 fully saturated rings. The lowest BCUT2D eigenvalue weighted by atomic mass is 10.2. The number of pyridine rings is 1. The molecule has 0 bridgehead atoms. The Labute approximate surface area is 169 Å². The monoisotopic (exact) mass is 412 g/mol. The van der Waals surface area contributed by atoms with Crippen LogP contribution in [0.3, 0.4) is 0 Å². The fraction of sp³-hybridized carbons (Fsp3) is 0.0952. The average molecular weight is 413 g/mol. The normalized spacial score (nSPS) is 11.1. The molecule has 4 aromatic rings. The molecule has 5 nitrogen and oxygen atoms in total. The van der Waals surface area contributed by atoms with Crippen molar-refractivity contribution in [1.29, 1.82) is 0 Å². The van der Waals surface area contributed by atoms with Gasteiger partial charge in [-0.3, -0.25) is 4.79 Å². The summed E-state index contributed by atoms with van der Waals surface area (Å²) in [6.45, 7) is 3.76. The SMILES string of the molecule is Cc1ccc(-n2nc(C)c3c(Cl)c(C(=O)Nc4ccc(F)c(F)c4)cnc32)cc1. The van der Waals surface area contributed by atoms with Crippen molar-refractivity contribution in [2.24, 2.45) is 0 Å². The lowest BCUT2D eigenvalue weighted by Gasteiger charge is -2.08. The smallest absolute Gasteiger partial charge is 0.258 e. The Bertz CT molecular complexity index is 1250. The Morgan fingerprint density at radius 1 is 1.07 bits per heavy atom. The van der Waals surface area contributed by atoms with Crippen LogP contribution in [0.4, 0.5) is 14.5 Å². The molecule has 0 aliphatic heterocycles. The topological polar surface area (TPSA) is 59.8 Å². The van der Waals surface area contributed by atoms with Gasteiger partial charge in [0.15, 0.2) is 17.3 Å². The van der Waals surface area contributed by atoms with Crippen molar-refractivity contribution < 1.29 is 13.6 Å². The number of anilines is 1. The Hall–Kier alpha value is -3.32. The van der Waals surface area contributed by atoms with Crippen molar-refractivity contribution in [2.45, 2.75) is 13.8 Å². The number of benzene rings is 2. The van der Waals surface area contributed by atoms with Crippen LogP contribution in [0, 0.1) is 25.5 Å². The first kappa shape index (κ1) is 19.0. The highest BCUT2D eigenvalue weighted by molar-refractivity contribution is 6.39. The van der Waals surface area contributed by atoms with Crippen molar-refractivity contribution in [3.8, 4) is 5.69 Å². The number of aryl methyl sites for hydroxylation is 2. The maximum absolute atomic E-state index is 13.4. The van der Waals surface area contributed by atoms with Gasteiger partial charge < -0.3 is 5.32 Å². The summed E-state index contributed by atoms with van der Waals surface area (Å²) in [7, 11) is 0. The van der Waals surface area contributed by atoms with Gasteiger partial charge in [-0.25, -0.2) is 18.4 Å². The molecule has 0 unspecified atom stereocenters. The van der Waals surface area contributed by atoms with Crippen LogP contribution in [0.2, 0.25) is 5.02 Å². The van der Waals surface area contributed by atoms with Crippen molar-refractivity contribution >= 4 is 34.2 Å². The maximum Gasteiger partial charge on any atom is 0.258 e. The van der Waals surface area contributed by atoms with Crippen LogP contribution in [-0.2, 0) is 0 Å². The zero-order valence-electron chi connectivity index (χ0n) is 15.5. The zero-order chi connectivity index (χ0) is 20.7. The molecule has 0 atom stereocenters. The minimum absolute atomic E-state index is 0.107. The molecular weight excluding hydrogens is 398 g/mol. The summed E-state index contributed by atoms with van der Waals surface area (Å²) in [5, 5.41) is 7.73. The number of amides is 1. The molecule has 2 aromatic heterocycles. The van der Waals surface area contributed by atoms with E-state index in [0.717, 1.165) is 23.4 Å². The Morgan fingerprint density at radius 3 is 2.48 bits per heavy atom. The number of nitrogens with zero attached hydrogens (tertiary/aromatic N) is 3. The highest BCUT2D eigenvalue weighted by Crippen LogP contribution is 2.30. The molecule has 29 heavy (non-hydrogen) atoms. The summed E-state index contributed by atoms with van der Waals surface area (Å²) in [5.74, 6) is -2.64. The molecule has 146 valence electrons. The molecular formula is C21H15ClF2N4O. The van der Waals surface area contributed by atoms with E-state index in [-0.39, 0.29) is 16.3 Å². The van der Waals surface area contributed by atoms with E-state index < -0.39 is 17.5 Å². The minimum Gasteiger partial charge on any atom is -0.322 e. The summed E-state index contributed by atoms with van der Waals surface area (Å²) in [6.07, 6.45) is 1.34. The number of rotatable bonds is 3. The van der Waals surface area contributed by atoms with E-state index in [2.05, 4.69) is 15.4 Å². The molecule has 2 aromatic carbocycles. The molecule has 0 radical (unpaired) electrons. The Balaban J connectivity index is 1.74. The number of carbonyl (C=O) groups is 1. The highest BCUT2D eigenvalue weighted by atomic mass is 35.5. The standard InChI is InChI=1S/C21H15ClF2N4O/c1-11-3-6-14(7-4-11)28-20-18(12(2)27-28)19(22)15(10-25-20)21(29)26-13-5-8-16(23)17(24)9-13/h3-10H,1-2H3,(H,26,29). The van der Waals surface area contributed by atoms with Gasteiger partial charge >= 0.3 is 0 Å². The fourth-order valence-electron chi connectivity index (χ4n) is 3.00. The Morgan fingerprint density at radius 2 is 1.79 bits per heavy atom. The molecule has 0 aliphatic rings. The maximum atomic E-state index is 13.4. The van der Waals surface area contributed by atoms with Crippen LogP contribution in [0.1, 0.15) is 21.6 Å². The predicted octanol–water partition coefficient (Wildman–Crippen LogP) is 5.22.